The minimum absolute atomic E-state index is 0.0587. The minimum Gasteiger partial charge on any atom is -0.495 e. The molecule has 2 fully saturated rings. The molecule has 5 nitrogen and oxygen atoms in total. The molecule has 2 aliphatic heterocycles. The van der Waals surface area contributed by atoms with Crippen molar-refractivity contribution < 1.29 is 9.53 Å². The first kappa shape index (κ1) is 16.4. The molecule has 2 heterocycles. The van der Waals surface area contributed by atoms with Crippen LogP contribution in [0.5, 0.6) is 5.75 Å². The molecule has 1 unspecified atom stereocenters. The van der Waals surface area contributed by atoms with Crippen LogP contribution in [0.2, 0.25) is 5.02 Å². The summed E-state index contributed by atoms with van der Waals surface area (Å²) in [7, 11) is 1.58. The Morgan fingerprint density at radius 1 is 1.39 bits per heavy atom. The summed E-state index contributed by atoms with van der Waals surface area (Å²) in [5.41, 5.74) is 1.16. The highest BCUT2D eigenvalue weighted by Crippen LogP contribution is 2.32. The standard InChI is InChI=1S/C17H24ClN3O2/c1-17(2)11-19-15(17)6-7-20-8-9-21(16(20)22)12-4-5-14(23-3)13(18)10-12/h4-5,10,15,19H,6-9,11H2,1-3H3. The Bertz CT molecular complexity index is 606. The van der Waals surface area contributed by atoms with Crippen molar-refractivity contribution in [3.63, 3.8) is 0 Å². The number of hydrogen-bond donors (Lipinski definition) is 1. The molecule has 0 aliphatic carbocycles. The summed E-state index contributed by atoms with van der Waals surface area (Å²) in [5, 5.41) is 3.98. The first-order valence-electron chi connectivity index (χ1n) is 8.06. The van der Waals surface area contributed by atoms with E-state index in [-0.39, 0.29) is 6.03 Å². The second-order valence-corrected chi connectivity index (χ2v) is 7.36. The Balaban J connectivity index is 1.61. The maximum atomic E-state index is 12.6. The number of nitrogens with one attached hydrogen (secondary N) is 1. The number of methoxy groups -OCH3 is 1. The number of rotatable bonds is 5. The number of benzene rings is 1. The van der Waals surface area contributed by atoms with Crippen LogP contribution in [0.15, 0.2) is 18.2 Å². The first-order valence-corrected chi connectivity index (χ1v) is 8.43. The third kappa shape index (κ3) is 3.12. The molecule has 1 aromatic rings. The number of carbonyl (C=O) groups is 1. The van der Waals surface area contributed by atoms with Crippen LogP contribution in [0, 0.1) is 5.41 Å². The molecule has 0 radical (unpaired) electrons. The van der Waals surface area contributed by atoms with Gasteiger partial charge in [0.05, 0.1) is 12.1 Å². The van der Waals surface area contributed by atoms with Crippen molar-refractivity contribution in [1.29, 1.82) is 0 Å². The molecule has 0 saturated carbocycles. The summed E-state index contributed by atoms with van der Waals surface area (Å²) in [6.45, 7) is 7.85. The van der Waals surface area contributed by atoms with E-state index in [9.17, 15) is 4.79 Å². The number of halogens is 1. The Morgan fingerprint density at radius 2 is 2.17 bits per heavy atom. The molecule has 0 spiro atoms. The van der Waals surface area contributed by atoms with Crippen molar-refractivity contribution in [2.24, 2.45) is 5.41 Å². The van der Waals surface area contributed by atoms with Gasteiger partial charge in [-0.15, -0.1) is 0 Å². The van der Waals surface area contributed by atoms with E-state index in [0.29, 0.717) is 28.8 Å². The summed E-state index contributed by atoms with van der Waals surface area (Å²) in [4.78, 5) is 16.3. The fourth-order valence-corrected chi connectivity index (χ4v) is 3.54. The van der Waals surface area contributed by atoms with Crippen molar-refractivity contribution in [3.05, 3.63) is 23.2 Å². The first-order chi connectivity index (χ1) is 10.9. The van der Waals surface area contributed by atoms with Gasteiger partial charge >= 0.3 is 6.03 Å². The van der Waals surface area contributed by atoms with Crippen molar-refractivity contribution in [1.82, 2.24) is 10.2 Å². The van der Waals surface area contributed by atoms with Crippen LogP contribution < -0.4 is 15.0 Å². The van der Waals surface area contributed by atoms with Crippen molar-refractivity contribution in [2.75, 3.05) is 38.2 Å². The SMILES string of the molecule is COc1ccc(N2CCN(CCC3NCC3(C)C)C2=O)cc1Cl. The Morgan fingerprint density at radius 3 is 2.74 bits per heavy atom. The number of urea groups is 1. The zero-order valence-corrected chi connectivity index (χ0v) is 14.7. The van der Waals surface area contributed by atoms with Crippen LogP contribution in [0.4, 0.5) is 10.5 Å². The van der Waals surface area contributed by atoms with Crippen molar-refractivity contribution in [3.8, 4) is 5.75 Å². The number of ether oxygens (including phenoxy) is 1. The molecule has 0 aromatic heterocycles. The van der Waals surface area contributed by atoms with Gasteiger partial charge in [0, 0.05) is 37.9 Å². The van der Waals surface area contributed by atoms with E-state index < -0.39 is 0 Å². The van der Waals surface area contributed by atoms with Gasteiger partial charge in [-0.1, -0.05) is 25.4 Å². The van der Waals surface area contributed by atoms with Crippen LogP contribution in [0.3, 0.4) is 0 Å². The Hall–Kier alpha value is -1.46. The van der Waals surface area contributed by atoms with E-state index in [0.717, 1.165) is 31.7 Å². The summed E-state index contributed by atoms with van der Waals surface area (Å²) in [6.07, 6.45) is 0.996. The maximum absolute atomic E-state index is 12.6. The fraction of sp³-hybridized carbons (Fsp3) is 0.588. The van der Waals surface area contributed by atoms with E-state index in [1.165, 1.54) is 0 Å². The zero-order chi connectivity index (χ0) is 16.6. The number of amides is 2. The van der Waals surface area contributed by atoms with Gasteiger partial charge in [-0.2, -0.15) is 0 Å². The van der Waals surface area contributed by atoms with Gasteiger partial charge in [0.15, 0.2) is 0 Å². The minimum atomic E-state index is 0.0587. The Labute approximate surface area is 142 Å². The van der Waals surface area contributed by atoms with Gasteiger partial charge in [-0.25, -0.2) is 4.79 Å². The molecular weight excluding hydrogens is 314 g/mol. The zero-order valence-electron chi connectivity index (χ0n) is 13.9. The number of nitrogens with zero attached hydrogens (tertiary/aromatic N) is 2. The van der Waals surface area contributed by atoms with Gasteiger partial charge < -0.3 is 15.0 Å². The number of hydrogen-bond acceptors (Lipinski definition) is 3. The lowest BCUT2D eigenvalue weighted by atomic mass is 9.76. The topological polar surface area (TPSA) is 44.8 Å². The third-order valence-corrected chi connectivity index (χ3v) is 5.27. The molecule has 1 aromatic carbocycles. The predicted molar refractivity (Wildman–Crippen MR) is 92.5 cm³/mol. The highest BCUT2D eigenvalue weighted by molar-refractivity contribution is 6.32. The van der Waals surface area contributed by atoms with Gasteiger partial charge in [0.1, 0.15) is 5.75 Å². The summed E-state index contributed by atoms with van der Waals surface area (Å²) >= 11 is 6.17. The monoisotopic (exact) mass is 337 g/mol. The summed E-state index contributed by atoms with van der Waals surface area (Å²) < 4.78 is 5.16. The average Bonchev–Trinajstić information content (AvgIpc) is 2.87. The maximum Gasteiger partial charge on any atom is 0.324 e. The van der Waals surface area contributed by atoms with E-state index in [1.54, 1.807) is 24.1 Å². The molecule has 2 saturated heterocycles. The van der Waals surface area contributed by atoms with E-state index in [2.05, 4.69) is 19.2 Å². The van der Waals surface area contributed by atoms with Crippen molar-refractivity contribution >= 4 is 23.3 Å². The normalized spacial score (nSPS) is 23.1. The molecule has 2 aliphatic rings. The number of carbonyl (C=O) groups excluding carboxylic acids is 1. The van der Waals surface area contributed by atoms with Gasteiger partial charge in [-0.05, 0) is 30.0 Å². The largest absolute Gasteiger partial charge is 0.495 e. The van der Waals surface area contributed by atoms with Crippen LogP contribution in [0.25, 0.3) is 0 Å². The van der Waals surface area contributed by atoms with Crippen LogP contribution in [-0.4, -0.2) is 50.3 Å². The molecule has 1 N–H and O–H groups in total. The lowest BCUT2D eigenvalue weighted by Crippen LogP contribution is -2.60. The van der Waals surface area contributed by atoms with Crippen LogP contribution in [-0.2, 0) is 0 Å². The highest BCUT2D eigenvalue weighted by atomic mass is 35.5. The highest BCUT2D eigenvalue weighted by Gasteiger charge is 2.39. The molecule has 23 heavy (non-hydrogen) atoms. The van der Waals surface area contributed by atoms with Crippen LogP contribution >= 0.6 is 11.6 Å². The lowest BCUT2D eigenvalue weighted by molar-refractivity contribution is 0.111. The van der Waals surface area contributed by atoms with Gasteiger partial charge in [0.25, 0.3) is 0 Å². The van der Waals surface area contributed by atoms with E-state index >= 15 is 0 Å². The molecule has 1 atom stereocenters. The molecule has 6 heteroatoms. The quantitative estimate of drug-likeness (QED) is 0.898. The smallest absolute Gasteiger partial charge is 0.324 e. The van der Waals surface area contributed by atoms with Gasteiger partial charge in [-0.3, -0.25) is 4.90 Å². The molecule has 126 valence electrons. The third-order valence-electron chi connectivity index (χ3n) is 4.98. The van der Waals surface area contributed by atoms with Crippen molar-refractivity contribution in [2.45, 2.75) is 26.3 Å². The number of anilines is 1. The Kier molecular flexibility index (Phi) is 4.43. The van der Waals surface area contributed by atoms with Crippen LogP contribution in [0.1, 0.15) is 20.3 Å². The fourth-order valence-electron chi connectivity index (χ4n) is 3.29. The summed E-state index contributed by atoms with van der Waals surface area (Å²) in [5.74, 6) is 0.622. The summed E-state index contributed by atoms with van der Waals surface area (Å²) in [6, 6.07) is 6.03. The van der Waals surface area contributed by atoms with Gasteiger partial charge in [0.2, 0.25) is 0 Å². The van der Waals surface area contributed by atoms with E-state index in [1.807, 2.05) is 11.0 Å². The lowest BCUT2D eigenvalue weighted by Gasteiger charge is -2.46. The second-order valence-electron chi connectivity index (χ2n) is 6.95. The molecule has 2 amide bonds. The predicted octanol–water partition coefficient (Wildman–Crippen LogP) is 2.98. The van der Waals surface area contributed by atoms with E-state index in [4.69, 9.17) is 16.3 Å². The average molecular weight is 338 g/mol. The molecular formula is C17H24ClN3O2. The molecule has 0 bridgehead atoms. The second kappa shape index (κ2) is 6.21. The molecule has 3 rings (SSSR count).